The lowest BCUT2D eigenvalue weighted by molar-refractivity contribution is 0.273. The number of hydrogen-bond donors (Lipinski definition) is 1. The van der Waals surface area contributed by atoms with E-state index in [1.165, 1.54) is 25.9 Å². The van der Waals surface area contributed by atoms with Gasteiger partial charge in [-0.15, -0.1) is 0 Å². The number of aromatic nitrogens is 2. The molecule has 1 aliphatic rings. The van der Waals surface area contributed by atoms with Crippen LogP contribution in [-0.2, 0) is 6.54 Å². The molecule has 1 saturated heterocycles. The smallest absolute Gasteiger partial charge is 0.201 e. The molecule has 0 aliphatic carbocycles. The summed E-state index contributed by atoms with van der Waals surface area (Å²) in [4.78, 5) is 6.94. The molecule has 1 aliphatic heterocycles. The van der Waals surface area contributed by atoms with E-state index < -0.39 is 0 Å². The van der Waals surface area contributed by atoms with E-state index in [-0.39, 0.29) is 0 Å². The second-order valence-corrected chi connectivity index (χ2v) is 6.26. The summed E-state index contributed by atoms with van der Waals surface area (Å²) in [5.74, 6) is 1.14. The first-order valence-corrected chi connectivity index (χ1v) is 7.65. The van der Waals surface area contributed by atoms with Gasteiger partial charge in [0.05, 0.1) is 11.0 Å². The van der Waals surface area contributed by atoms with Gasteiger partial charge in [-0.3, -0.25) is 0 Å². The summed E-state index contributed by atoms with van der Waals surface area (Å²) in [7, 11) is 0. The summed E-state index contributed by atoms with van der Waals surface area (Å²) < 4.78 is 2.10. The fourth-order valence-corrected chi connectivity index (χ4v) is 3.26. The van der Waals surface area contributed by atoms with Crippen LogP contribution in [0, 0.1) is 5.92 Å². The molecule has 2 heterocycles. The van der Waals surface area contributed by atoms with Crippen LogP contribution in [0.15, 0.2) is 18.2 Å². The van der Waals surface area contributed by atoms with Gasteiger partial charge < -0.3 is 15.2 Å². The van der Waals surface area contributed by atoms with Crippen LogP contribution in [0.4, 0.5) is 5.95 Å². The molecule has 108 valence electrons. The molecular weight excluding hydrogens is 272 g/mol. The Bertz CT molecular complexity index is 601. The summed E-state index contributed by atoms with van der Waals surface area (Å²) in [5, 5.41) is 0.701. The Balaban J connectivity index is 1.77. The molecule has 2 aromatic rings. The topological polar surface area (TPSA) is 47.1 Å². The molecule has 0 spiro atoms. The van der Waals surface area contributed by atoms with E-state index in [9.17, 15) is 0 Å². The van der Waals surface area contributed by atoms with Gasteiger partial charge in [0.2, 0.25) is 5.95 Å². The SMILES string of the molecule is CC(CN1CCCC1)Cn1c(N)nc2cc(Cl)ccc21. The van der Waals surface area contributed by atoms with Crippen molar-refractivity contribution in [3.8, 4) is 0 Å². The van der Waals surface area contributed by atoms with Crippen LogP contribution in [0.1, 0.15) is 19.8 Å². The minimum absolute atomic E-state index is 0.559. The van der Waals surface area contributed by atoms with E-state index in [4.69, 9.17) is 17.3 Å². The number of nitrogen functional groups attached to an aromatic ring is 1. The molecule has 0 bridgehead atoms. The minimum Gasteiger partial charge on any atom is -0.369 e. The molecule has 5 heteroatoms. The standard InChI is InChI=1S/C15H21ClN4/c1-11(9-19-6-2-3-7-19)10-20-14-5-4-12(16)8-13(14)18-15(20)17/h4-5,8,11H,2-3,6-7,9-10H2,1H3,(H2,17,18). The molecule has 1 unspecified atom stereocenters. The normalized spacial score (nSPS) is 17.9. The molecule has 0 amide bonds. The molecule has 1 aromatic carbocycles. The number of nitrogens with two attached hydrogens (primary N) is 1. The summed E-state index contributed by atoms with van der Waals surface area (Å²) in [6, 6.07) is 5.77. The maximum Gasteiger partial charge on any atom is 0.201 e. The molecule has 0 radical (unpaired) electrons. The minimum atomic E-state index is 0.559. The first-order valence-electron chi connectivity index (χ1n) is 7.27. The third-order valence-corrected chi connectivity index (χ3v) is 4.24. The average Bonchev–Trinajstić information content (AvgIpc) is 2.98. The second-order valence-electron chi connectivity index (χ2n) is 5.83. The van der Waals surface area contributed by atoms with Gasteiger partial charge in [-0.25, -0.2) is 4.98 Å². The van der Waals surface area contributed by atoms with Gasteiger partial charge in [0.15, 0.2) is 0 Å². The highest BCUT2D eigenvalue weighted by molar-refractivity contribution is 6.31. The van der Waals surface area contributed by atoms with E-state index in [2.05, 4.69) is 21.4 Å². The van der Waals surface area contributed by atoms with Gasteiger partial charge in [-0.05, 0) is 50.0 Å². The van der Waals surface area contributed by atoms with Gasteiger partial charge in [0.1, 0.15) is 0 Å². The molecule has 0 saturated carbocycles. The van der Waals surface area contributed by atoms with E-state index in [1.807, 2.05) is 18.2 Å². The third kappa shape index (κ3) is 2.76. The van der Waals surface area contributed by atoms with Crippen LogP contribution in [0.5, 0.6) is 0 Å². The zero-order chi connectivity index (χ0) is 14.1. The van der Waals surface area contributed by atoms with Crippen molar-refractivity contribution < 1.29 is 0 Å². The lowest BCUT2D eigenvalue weighted by atomic mass is 10.1. The van der Waals surface area contributed by atoms with Crippen LogP contribution < -0.4 is 5.73 Å². The number of hydrogen-bond acceptors (Lipinski definition) is 3. The fraction of sp³-hybridized carbons (Fsp3) is 0.533. The Morgan fingerprint density at radius 2 is 2.05 bits per heavy atom. The fourth-order valence-electron chi connectivity index (χ4n) is 3.09. The number of imidazole rings is 1. The van der Waals surface area contributed by atoms with Gasteiger partial charge >= 0.3 is 0 Å². The number of nitrogens with zero attached hydrogens (tertiary/aromatic N) is 3. The maximum atomic E-state index is 6.06. The summed E-state index contributed by atoms with van der Waals surface area (Å²) in [6.07, 6.45) is 2.67. The molecule has 1 atom stereocenters. The summed E-state index contributed by atoms with van der Waals surface area (Å²) >= 11 is 6.00. The number of rotatable bonds is 4. The lowest BCUT2D eigenvalue weighted by Gasteiger charge is -2.21. The van der Waals surface area contributed by atoms with Crippen molar-refractivity contribution in [3.05, 3.63) is 23.2 Å². The molecular formula is C15H21ClN4. The van der Waals surface area contributed by atoms with Crippen molar-refractivity contribution >= 4 is 28.6 Å². The monoisotopic (exact) mass is 292 g/mol. The zero-order valence-electron chi connectivity index (χ0n) is 11.8. The van der Waals surface area contributed by atoms with E-state index in [0.29, 0.717) is 16.9 Å². The summed E-state index contributed by atoms with van der Waals surface area (Å²) in [5.41, 5.74) is 8.00. The number of fused-ring (bicyclic) bond motifs is 1. The van der Waals surface area contributed by atoms with E-state index in [0.717, 1.165) is 24.1 Å². The largest absolute Gasteiger partial charge is 0.369 e. The maximum absolute atomic E-state index is 6.06. The van der Waals surface area contributed by atoms with E-state index in [1.54, 1.807) is 0 Å². The van der Waals surface area contributed by atoms with Crippen LogP contribution in [0.25, 0.3) is 11.0 Å². The Kier molecular flexibility index (Phi) is 3.85. The highest BCUT2D eigenvalue weighted by Crippen LogP contribution is 2.23. The van der Waals surface area contributed by atoms with Crippen molar-refractivity contribution in [3.63, 3.8) is 0 Å². The number of likely N-dealkylation sites (tertiary alicyclic amines) is 1. The predicted octanol–water partition coefficient (Wildman–Crippen LogP) is 3.00. The van der Waals surface area contributed by atoms with Gasteiger partial charge in [0.25, 0.3) is 0 Å². The van der Waals surface area contributed by atoms with Crippen molar-refractivity contribution in [1.29, 1.82) is 0 Å². The van der Waals surface area contributed by atoms with Crippen LogP contribution >= 0.6 is 11.6 Å². The first-order chi connectivity index (χ1) is 9.63. The average molecular weight is 293 g/mol. The Morgan fingerprint density at radius 1 is 1.30 bits per heavy atom. The van der Waals surface area contributed by atoms with Gasteiger partial charge in [0, 0.05) is 18.1 Å². The second kappa shape index (κ2) is 5.62. The molecule has 20 heavy (non-hydrogen) atoms. The lowest BCUT2D eigenvalue weighted by Crippen LogP contribution is -2.27. The Morgan fingerprint density at radius 3 is 2.80 bits per heavy atom. The third-order valence-electron chi connectivity index (χ3n) is 4.00. The molecule has 1 fully saturated rings. The molecule has 2 N–H and O–H groups in total. The number of anilines is 1. The number of halogens is 1. The Hall–Kier alpha value is -1.26. The van der Waals surface area contributed by atoms with E-state index >= 15 is 0 Å². The van der Waals surface area contributed by atoms with Gasteiger partial charge in [-0.1, -0.05) is 18.5 Å². The molecule has 4 nitrogen and oxygen atoms in total. The van der Waals surface area contributed by atoms with Crippen LogP contribution in [-0.4, -0.2) is 34.1 Å². The highest BCUT2D eigenvalue weighted by atomic mass is 35.5. The first kappa shape index (κ1) is 13.7. The van der Waals surface area contributed by atoms with Crippen molar-refractivity contribution in [2.45, 2.75) is 26.3 Å². The quantitative estimate of drug-likeness (QED) is 0.942. The number of benzene rings is 1. The van der Waals surface area contributed by atoms with Crippen molar-refractivity contribution in [2.24, 2.45) is 5.92 Å². The van der Waals surface area contributed by atoms with Gasteiger partial charge in [-0.2, -0.15) is 0 Å². The predicted molar refractivity (Wildman–Crippen MR) is 84.0 cm³/mol. The van der Waals surface area contributed by atoms with Crippen molar-refractivity contribution in [2.75, 3.05) is 25.4 Å². The molecule has 1 aromatic heterocycles. The summed E-state index contributed by atoms with van der Waals surface area (Å²) in [6.45, 7) is 6.78. The molecule has 3 rings (SSSR count). The zero-order valence-corrected chi connectivity index (χ0v) is 12.6. The van der Waals surface area contributed by atoms with Crippen LogP contribution in [0.2, 0.25) is 5.02 Å². The van der Waals surface area contributed by atoms with Crippen LogP contribution in [0.3, 0.4) is 0 Å². The highest BCUT2D eigenvalue weighted by Gasteiger charge is 2.17. The van der Waals surface area contributed by atoms with Crippen molar-refractivity contribution in [1.82, 2.24) is 14.5 Å². The Labute approximate surface area is 124 Å².